The molecule has 0 spiro atoms. The summed E-state index contributed by atoms with van der Waals surface area (Å²) in [5.41, 5.74) is -2.74. The molecule has 0 radical (unpaired) electrons. The zero-order valence-corrected chi connectivity index (χ0v) is 22.2. The second kappa shape index (κ2) is 10.8. The van der Waals surface area contributed by atoms with E-state index in [0.717, 1.165) is 18.3 Å². The molecule has 0 unspecified atom stereocenters. The van der Waals surface area contributed by atoms with E-state index in [9.17, 15) is 18.0 Å². The van der Waals surface area contributed by atoms with Crippen LogP contribution in [0.3, 0.4) is 0 Å². The van der Waals surface area contributed by atoms with Crippen molar-refractivity contribution in [3.05, 3.63) is 53.5 Å². The molecule has 4 rings (SSSR count). The fourth-order valence-corrected chi connectivity index (χ4v) is 4.67. The maximum Gasteiger partial charge on any atom is 0.416 e. The van der Waals surface area contributed by atoms with Crippen LogP contribution in [0.5, 0.6) is 0 Å². The number of carbonyl (C=O) groups is 1. The largest absolute Gasteiger partial charge is 0.416 e. The van der Waals surface area contributed by atoms with Crippen molar-refractivity contribution in [2.24, 2.45) is 0 Å². The van der Waals surface area contributed by atoms with Gasteiger partial charge in [0.1, 0.15) is 11.5 Å². The highest BCUT2D eigenvalue weighted by Gasteiger charge is 2.40. The summed E-state index contributed by atoms with van der Waals surface area (Å²) in [6, 6.07) is 1.09. The highest BCUT2D eigenvalue weighted by molar-refractivity contribution is 6.09. The first-order valence-electron chi connectivity index (χ1n) is 12.3. The predicted molar refractivity (Wildman–Crippen MR) is 139 cm³/mol. The Labute approximate surface area is 223 Å². The number of rotatable bonds is 5. The number of hydrogen-bond acceptors (Lipinski definition) is 7. The van der Waals surface area contributed by atoms with Crippen molar-refractivity contribution in [1.82, 2.24) is 20.2 Å². The van der Waals surface area contributed by atoms with Crippen LogP contribution in [-0.4, -0.2) is 79.8 Å². The van der Waals surface area contributed by atoms with E-state index in [2.05, 4.69) is 25.5 Å². The molecule has 1 aromatic carbocycles. The summed E-state index contributed by atoms with van der Waals surface area (Å²) in [7, 11) is 5.34. The van der Waals surface area contributed by atoms with Crippen molar-refractivity contribution in [2.45, 2.75) is 32.1 Å². The highest BCUT2D eigenvalue weighted by Crippen LogP contribution is 2.40. The van der Waals surface area contributed by atoms with Gasteiger partial charge in [-0.15, -0.1) is 0 Å². The third kappa shape index (κ3) is 5.68. The number of nitrogens with one attached hydrogen (secondary N) is 2. The van der Waals surface area contributed by atoms with E-state index in [1.807, 2.05) is 20.9 Å². The molecule has 39 heavy (non-hydrogen) atoms. The van der Waals surface area contributed by atoms with E-state index >= 15 is 8.78 Å². The van der Waals surface area contributed by atoms with Gasteiger partial charge in [0.25, 0.3) is 5.91 Å². The third-order valence-electron chi connectivity index (χ3n) is 6.97. The van der Waals surface area contributed by atoms with Crippen molar-refractivity contribution in [2.75, 3.05) is 55.9 Å². The second-order valence-corrected chi connectivity index (χ2v) is 9.91. The third-order valence-corrected chi connectivity index (χ3v) is 6.97. The van der Waals surface area contributed by atoms with Gasteiger partial charge in [-0.25, -0.2) is 18.7 Å². The minimum Gasteiger partial charge on any atom is -0.387 e. The number of nitrogens with zero attached hydrogens (tertiary/aromatic N) is 5. The fraction of sp³-hybridized carbons (Fsp3) is 0.423. The normalized spacial score (nSPS) is 20.2. The molecule has 0 saturated carbocycles. The Hall–Kier alpha value is -3.74. The second-order valence-electron chi connectivity index (χ2n) is 9.91. The summed E-state index contributed by atoms with van der Waals surface area (Å²) < 4.78 is 72.6. The Morgan fingerprint density at radius 2 is 1.74 bits per heavy atom. The van der Waals surface area contributed by atoms with Crippen molar-refractivity contribution in [3.63, 3.8) is 0 Å². The van der Waals surface area contributed by atoms with Gasteiger partial charge in [-0.1, -0.05) is 6.08 Å². The topological polar surface area (TPSA) is 76.6 Å². The number of piperazine rings is 1. The molecule has 210 valence electrons. The van der Waals surface area contributed by atoms with Crippen LogP contribution in [0.4, 0.5) is 39.3 Å². The number of dihydropyridines is 1. The van der Waals surface area contributed by atoms with Crippen molar-refractivity contribution in [3.8, 4) is 11.1 Å². The van der Waals surface area contributed by atoms with Crippen LogP contribution in [0.15, 0.2) is 41.9 Å². The Kier molecular flexibility index (Phi) is 7.82. The Balaban J connectivity index is 1.82. The molecule has 1 amide bonds. The van der Waals surface area contributed by atoms with Gasteiger partial charge in [0.15, 0.2) is 5.82 Å². The molecule has 2 N–H and O–H groups in total. The fourth-order valence-electron chi connectivity index (χ4n) is 4.67. The van der Waals surface area contributed by atoms with Gasteiger partial charge in [0, 0.05) is 76.0 Å². The van der Waals surface area contributed by atoms with Gasteiger partial charge in [-0.3, -0.25) is 9.69 Å². The number of benzene rings is 1. The molecule has 1 fully saturated rings. The summed E-state index contributed by atoms with van der Waals surface area (Å²) in [6.07, 6.45) is -0.529. The SMILES string of the molecule is C[C@@H]1CN(c2cc(F)c(-c3cnc(N(C)C)nc3)c(F)c2NC(=O)C2=CNCC=C2C(F)(F)F)C[C@H](C)N1C. The standard InChI is InChI=1S/C26H30F5N7O/c1-14-12-38(13-15(2)37(14)5)20-8-19(27)21(16-9-33-25(34-10-16)36(3)4)22(28)23(20)35-24(39)17-11-32-7-6-18(17)26(29,30)31/h6,8-11,14-15,32H,7,12-13H2,1-5H3,(H,35,39)/t14-,15+. The summed E-state index contributed by atoms with van der Waals surface area (Å²) in [6.45, 7) is 4.53. The molecule has 1 saturated heterocycles. The van der Waals surface area contributed by atoms with Crippen molar-refractivity contribution in [1.29, 1.82) is 0 Å². The number of aromatic nitrogens is 2. The zero-order chi connectivity index (χ0) is 28.6. The average Bonchev–Trinajstić information content (AvgIpc) is 2.88. The van der Waals surface area contributed by atoms with Gasteiger partial charge < -0.3 is 20.4 Å². The molecule has 1 aromatic heterocycles. The number of halogens is 5. The Morgan fingerprint density at radius 1 is 1.13 bits per heavy atom. The van der Waals surface area contributed by atoms with Crippen LogP contribution >= 0.6 is 0 Å². The molecule has 8 nitrogen and oxygen atoms in total. The Morgan fingerprint density at radius 3 is 2.31 bits per heavy atom. The maximum atomic E-state index is 16.2. The van der Waals surface area contributed by atoms with Gasteiger partial charge in [-0.05, 0) is 20.9 Å². The van der Waals surface area contributed by atoms with E-state index in [1.54, 1.807) is 23.9 Å². The average molecular weight is 552 g/mol. The molecule has 13 heteroatoms. The van der Waals surface area contributed by atoms with E-state index in [4.69, 9.17) is 0 Å². The van der Waals surface area contributed by atoms with Crippen molar-refractivity contribution >= 4 is 23.2 Å². The lowest BCUT2D eigenvalue weighted by molar-refractivity contribution is -0.115. The molecular formula is C26H30F5N7O. The Bertz CT molecular complexity index is 1300. The van der Waals surface area contributed by atoms with Crippen LogP contribution in [0.25, 0.3) is 11.1 Å². The lowest BCUT2D eigenvalue weighted by Gasteiger charge is -2.44. The first kappa shape index (κ1) is 28.3. The number of amides is 1. The van der Waals surface area contributed by atoms with Gasteiger partial charge in [0.2, 0.25) is 5.95 Å². The quantitative estimate of drug-likeness (QED) is 0.546. The lowest BCUT2D eigenvalue weighted by atomic mass is 10.0. The molecule has 2 aromatic rings. The highest BCUT2D eigenvalue weighted by atomic mass is 19.4. The van der Waals surface area contributed by atoms with E-state index in [0.29, 0.717) is 19.0 Å². The van der Waals surface area contributed by atoms with E-state index in [-0.39, 0.29) is 29.9 Å². The first-order valence-corrected chi connectivity index (χ1v) is 12.3. The number of hydrogen-bond donors (Lipinski definition) is 2. The molecule has 0 aliphatic carbocycles. The zero-order valence-electron chi connectivity index (χ0n) is 22.2. The van der Waals surface area contributed by atoms with Gasteiger partial charge in [0.05, 0.1) is 22.4 Å². The van der Waals surface area contributed by atoms with Crippen LogP contribution in [0.2, 0.25) is 0 Å². The summed E-state index contributed by atoms with van der Waals surface area (Å²) in [5, 5.41) is 4.91. The molecule has 2 aliphatic heterocycles. The molecule has 0 bridgehead atoms. The smallest absolute Gasteiger partial charge is 0.387 e. The van der Waals surface area contributed by atoms with Crippen LogP contribution in [0.1, 0.15) is 13.8 Å². The number of carbonyl (C=O) groups excluding carboxylic acids is 1. The number of alkyl halides is 3. The molecule has 2 atom stereocenters. The monoisotopic (exact) mass is 551 g/mol. The van der Waals surface area contributed by atoms with Crippen LogP contribution in [-0.2, 0) is 4.79 Å². The van der Waals surface area contributed by atoms with Gasteiger partial charge >= 0.3 is 6.18 Å². The maximum absolute atomic E-state index is 16.2. The summed E-state index contributed by atoms with van der Waals surface area (Å²) >= 11 is 0. The lowest BCUT2D eigenvalue weighted by Crippen LogP contribution is -2.55. The molecule has 3 heterocycles. The summed E-state index contributed by atoms with van der Waals surface area (Å²) in [4.78, 5) is 26.8. The van der Waals surface area contributed by atoms with Crippen LogP contribution < -0.4 is 20.4 Å². The molecule has 2 aliphatic rings. The van der Waals surface area contributed by atoms with Gasteiger partial charge in [-0.2, -0.15) is 13.2 Å². The van der Waals surface area contributed by atoms with E-state index < -0.39 is 46.1 Å². The summed E-state index contributed by atoms with van der Waals surface area (Å²) in [5.74, 6) is -2.93. The predicted octanol–water partition coefficient (Wildman–Crippen LogP) is 3.93. The number of anilines is 3. The van der Waals surface area contributed by atoms with Crippen molar-refractivity contribution < 1.29 is 26.7 Å². The van der Waals surface area contributed by atoms with Crippen LogP contribution in [0, 0.1) is 11.6 Å². The minimum absolute atomic E-state index is 0.0000894. The van der Waals surface area contributed by atoms with E-state index in [1.165, 1.54) is 12.4 Å². The first-order chi connectivity index (χ1) is 18.3. The molecular weight excluding hydrogens is 521 g/mol. The minimum atomic E-state index is -4.80. The number of likely N-dealkylation sites (N-methyl/N-ethyl adjacent to an activating group) is 1.